The first-order valence-electron chi connectivity index (χ1n) is 4.21. The molecule has 0 aromatic heterocycles. The summed E-state index contributed by atoms with van der Waals surface area (Å²) in [5.74, 6) is 0. The predicted molar refractivity (Wildman–Crippen MR) is 46.4 cm³/mol. The van der Waals surface area contributed by atoms with E-state index in [1.165, 1.54) is 0 Å². The zero-order valence-electron chi connectivity index (χ0n) is 6.30. The molecule has 2 saturated heterocycles. The van der Waals surface area contributed by atoms with Gasteiger partial charge in [0.05, 0.1) is 23.0 Å². The fraction of sp³-hybridized carbons (Fsp3) is 1.00. The average molecular weight is 195 g/mol. The molecule has 3 heteroatoms. The summed E-state index contributed by atoms with van der Waals surface area (Å²) in [4.78, 5) is 0. The standard InChI is InChI=1S/C8H12Cl2O/c9-5-1-2-6(10)8-4-3-7(5)11-8/h5-8H,1-4H2/t5-,6-,7-,8-/m1/s1. The average Bonchev–Trinajstić information content (AvgIpc) is 2.42. The van der Waals surface area contributed by atoms with E-state index >= 15 is 0 Å². The lowest BCUT2D eigenvalue weighted by Crippen LogP contribution is -2.19. The van der Waals surface area contributed by atoms with Crippen molar-refractivity contribution in [2.45, 2.75) is 48.6 Å². The highest BCUT2D eigenvalue weighted by molar-refractivity contribution is 6.22. The van der Waals surface area contributed by atoms with Crippen LogP contribution in [0.4, 0.5) is 0 Å². The summed E-state index contributed by atoms with van der Waals surface area (Å²) in [5, 5.41) is 0.396. The van der Waals surface area contributed by atoms with Gasteiger partial charge in [-0.3, -0.25) is 0 Å². The van der Waals surface area contributed by atoms with Crippen molar-refractivity contribution in [3.05, 3.63) is 0 Å². The molecule has 2 aliphatic heterocycles. The van der Waals surface area contributed by atoms with E-state index in [1.807, 2.05) is 0 Å². The summed E-state index contributed by atoms with van der Waals surface area (Å²) < 4.78 is 5.68. The van der Waals surface area contributed by atoms with Gasteiger partial charge in [0.1, 0.15) is 0 Å². The number of ether oxygens (including phenoxy) is 1. The highest BCUT2D eigenvalue weighted by Crippen LogP contribution is 2.35. The second-order valence-corrected chi connectivity index (χ2v) is 4.52. The quantitative estimate of drug-likeness (QED) is 0.539. The number of alkyl halides is 2. The normalized spacial score (nSPS) is 50.7. The third-order valence-electron chi connectivity index (χ3n) is 2.61. The Morgan fingerprint density at radius 1 is 0.818 bits per heavy atom. The molecule has 2 bridgehead atoms. The van der Waals surface area contributed by atoms with Gasteiger partial charge in [-0.15, -0.1) is 23.2 Å². The Labute approximate surface area is 77.0 Å². The van der Waals surface area contributed by atoms with Gasteiger partial charge in [0.15, 0.2) is 0 Å². The minimum atomic E-state index is 0.198. The molecule has 2 fully saturated rings. The van der Waals surface area contributed by atoms with Crippen molar-refractivity contribution in [3.63, 3.8) is 0 Å². The first kappa shape index (κ1) is 8.15. The minimum absolute atomic E-state index is 0.198. The Balaban J connectivity index is 2.07. The zero-order chi connectivity index (χ0) is 7.84. The van der Waals surface area contributed by atoms with Gasteiger partial charge in [-0.25, -0.2) is 0 Å². The Hall–Kier alpha value is 0.540. The van der Waals surface area contributed by atoms with Crippen molar-refractivity contribution in [2.24, 2.45) is 0 Å². The molecule has 64 valence electrons. The largest absolute Gasteiger partial charge is 0.372 e. The zero-order valence-corrected chi connectivity index (χ0v) is 7.81. The van der Waals surface area contributed by atoms with E-state index in [4.69, 9.17) is 27.9 Å². The lowest BCUT2D eigenvalue weighted by Gasteiger charge is -2.12. The predicted octanol–water partition coefficient (Wildman–Crippen LogP) is 2.54. The molecular formula is C8H12Cl2O. The smallest absolute Gasteiger partial charge is 0.0744 e. The summed E-state index contributed by atoms with van der Waals surface area (Å²) >= 11 is 12.2. The van der Waals surface area contributed by atoms with Crippen LogP contribution < -0.4 is 0 Å². The number of hydrogen-bond donors (Lipinski definition) is 0. The van der Waals surface area contributed by atoms with Crippen LogP contribution in [-0.4, -0.2) is 23.0 Å². The fourth-order valence-corrected chi connectivity index (χ4v) is 2.53. The van der Waals surface area contributed by atoms with Crippen molar-refractivity contribution >= 4 is 23.2 Å². The number of fused-ring (bicyclic) bond motifs is 2. The van der Waals surface area contributed by atoms with Crippen molar-refractivity contribution in [1.82, 2.24) is 0 Å². The summed E-state index contributed by atoms with van der Waals surface area (Å²) in [6.07, 6.45) is 4.79. The van der Waals surface area contributed by atoms with Crippen LogP contribution in [-0.2, 0) is 4.74 Å². The van der Waals surface area contributed by atoms with Crippen LogP contribution in [0.3, 0.4) is 0 Å². The minimum Gasteiger partial charge on any atom is -0.372 e. The van der Waals surface area contributed by atoms with E-state index in [0.717, 1.165) is 25.7 Å². The molecule has 2 aliphatic rings. The molecule has 2 heterocycles. The van der Waals surface area contributed by atoms with Crippen molar-refractivity contribution in [2.75, 3.05) is 0 Å². The molecule has 0 amide bonds. The summed E-state index contributed by atoms with van der Waals surface area (Å²) in [6, 6.07) is 0. The van der Waals surface area contributed by atoms with Gasteiger partial charge in [0.2, 0.25) is 0 Å². The Morgan fingerprint density at radius 2 is 1.27 bits per heavy atom. The van der Waals surface area contributed by atoms with Crippen LogP contribution in [0.2, 0.25) is 0 Å². The fourth-order valence-electron chi connectivity index (χ4n) is 1.91. The first-order valence-corrected chi connectivity index (χ1v) is 5.08. The molecule has 0 aromatic rings. The van der Waals surface area contributed by atoms with Gasteiger partial charge >= 0.3 is 0 Å². The van der Waals surface area contributed by atoms with E-state index < -0.39 is 0 Å². The third kappa shape index (κ3) is 1.51. The van der Waals surface area contributed by atoms with Crippen molar-refractivity contribution in [1.29, 1.82) is 0 Å². The maximum Gasteiger partial charge on any atom is 0.0744 e. The molecule has 1 nitrogen and oxygen atoms in total. The highest BCUT2D eigenvalue weighted by atomic mass is 35.5. The molecule has 0 aliphatic carbocycles. The van der Waals surface area contributed by atoms with E-state index in [2.05, 4.69) is 0 Å². The van der Waals surface area contributed by atoms with Gasteiger partial charge in [0.25, 0.3) is 0 Å². The van der Waals surface area contributed by atoms with Gasteiger partial charge in [-0.05, 0) is 25.7 Å². The molecule has 0 unspecified atom stereocenters. The monoisotopic (exact) mass is 194 g/mol. The second-order valence-electron chi connectivity index (χ2n) is 3.40. The van der Waals surface area contributed by atoms with Crippen LogP contribution in [0.5, 0.6) is 0 Å². The lowest BCUT2D eigenvalue weighted by atomic mass is 10.0. The molecule has 0 N–H and O–H groups in total. The maximum atomic E-state index is 6.10. The van der Waals surface area contributed by atoms with Crippen molar-refractivity contribution < 1.29 is 4.74 Å². The molecule has 0 saturated carbocycles. The van der Waals surface area contributed by atoms with Crippen LogP contribution in [0.25, 0.3) is 0 Å². The molecule has 2 rings (SSSR count). The Morgan fingerprint density at radius 3 is 1.73 bits per heavy atom. The van der Waals surface area contributed by atoms with E-state index in [1.54, 1.807) is 0 Å². The third-order valence-corrected chi connectivity index (χ3v) is 3.61. The summed E-state index contributed by atoms with van der Waals surface area (Å²) in [7, 11) is 0. The Bertz CT molecular complexity index is 135. The van der Waals surface area contributed by atoms with Crippen molar-refractivity contribution in [3.8, 4) is 0 Å². The van der Waals surface area contributed by atoms with Crippen LogP contribution in [0.15, 0.2) is 0 Å². The second kappa shape index (κ2) is 3.12. The highest BCUT2D eigenvalue weighted by Gasteiger charge is 2.37. The number of rotatable bonds is 0. The van der Waals surface area contributed by atoms with E-state index in [9.17, 15) is 0 Å². The number of hydrogen-bond acceptors (Lipinski definition) is 1. The van der Waals surface area contributed by atoms with E-state index in [0.29, 0.717) is 0 Å². The topological polar surface area (TPSA) is 9.23 Å². The molecule has 4 atom stereocenters. The van der Waals surface area contributed by atoms with Gasteiger partial charge < -0.3 is 4.74 Å². The summed E-state index contributed by atoms with van der Waals surface area (Å²) in [6.45, 7) is 0. The van der Waals surface area contributed by atoms with Crippen LogP contribution in [0, 0.1) is 0 Å². The molecular weight excluding hydrogens is 183 g/mol. The van der Waals surface area contributed by atoms with Crippen LogP contribution >= 0.6 is 23.2 Å². The molecule has 0 spiro atoms. The van der Waals surface area contributed by atoms with Gasteiger partial charge in [0, 0.05) is 0 Å². The first-order chi connectivity index (χ1) is 5.27. The van der Waals surface area contributed by atoms with E-state index in [-0.39, 0.29) is 23.0 Å². The molecule has 0 radical (unpaired) electrons. The molecule has 0 aromatic carbocycles. The SMILES string of the molecule is Cl[C@@H]1CC[C@@H](Cl)[C@H]2CC[C@H]1O2. The summed E-state index contributed by atoms with van der Waals surface area (Å²) in [5.41, 5.74) is 0. The lowest BCUT2D eigenvalue weighted by molar-refractivity contribution is 0.0535. The number of halogens is 2. The Kier molecular flexibility index (Phi) is 2.31. The van der Waals surface area contributed by atoms with Crippen LogP contribution in [0.1, 0.15) is 25.7 Å². The maximum absolute atomic E-state index is 6.10. The van der Waals surface area contributed by atoms with Gasteiger partial charge in [-0.1, -0.05) is 0 Å². The van der Waals surface area contributed by atoms with Gasteiger partial charge in [-0.2, -0.15) is 0 Å². The molecule has 11 heavy (non-hydrogen) atoms.